The minimum Gasteiger partial charge on any atom is -0.287 e. The molecule has 14 heavy (non-hydrogen) atoms. The van der Waals surface area contributed by atoms with Gasteiger partial charge in [0.25, 0.3) is 0 Å². The highest BCUT2D eigenvalue weighted by Gasteiger charge is 2.07. The third kappa shape index (κ3) is 1.38. The Morgan fingerprint density at radius 2 is 2.14 bits per heavy atom. The van der Waals surface area contributed by atoms with Crippen molar-refractivity contribution in [2.24, 2.45) is 0 Å². The molecule has 0 unspecified atom stereocenters. The van der Waals surface area contributed by atoms with E-state index in [1.807, 2.05) is 31.3 Å². The van der Waals surface area contributed by atoms with E-state index in [0.717, 1.165) is 20.9 Å². The van der Waals surface area contributed by atoms with E-state index < -0.39 is 0 Å². The first-order valence-electron chi connectivity index (χ1n) is 4.38. The lowest BCUT2D eigenvalue weighted by Gasteiger charge is -1.98. The fraction of sp³-hybridized carbons (Fsp3) is 0.182. The molecule has 1 heterocycles. The maximum atomic E-state index is 11.3. The Morgan fingerprint density at radius 1 is 1.43 bits per heavy atom. The Labute approximate surface area is 90.7 Å². The minimum atomic E-state index is 0.0467. The maximum Gasteiger partial charge on any atom is 0.227 e. The van der Waals surface area contributed by atoms with Crippen LogP contribution in [0.2, 0.25) is 0 Å². The van der Waals surface area contributed by atoms with Crippen LogP contribution in [0.5, 0.6) is 0 Å². The minimum absolute atomic E-state index is 0.0467. The van der Waals surface area contributed by atoms with E-state index in [1.165, 1.54) is 0 Å². The van der Waals surface area contributed by atoms with Gasteiger partial charge in [-0.15, -0.1) is 0 Å². The van der Waals surface area contributed by atoms with Crippen LogP contribution in [-0.2, 0) is 0 Å². The van der Waals surface area contributed by atoms with Crippen molar-refractivity contribution in [1.82, 2.24) is 4.57 Å². The van der Waals surface area contributed by atoms with Crippen molar-refractivity contribution < 1.29 is 4.79 Å². The number of hydrogen-bond acceptors (Lipinski definition) is 1. The summed E-state index contributed by atoms with van der Waals surface area (Å²) in [6.07, 6.45) is 1.87. The van der Waals surface area contributed by atoms with Gasteiger partial charge >= 0.3 is 0 Å². The molecule has 0 N–H and O–H groups in total. The van der Waals surface area contributed by atoms with Gasteiger partial charge in [0.15, 0.2) is 0 Å². The van der Waals surface area contributed by atoms with Crippen LogP contribution in [0.15, 0.2) is 28.9 Å². The number of aryl methyl sites for hydroxylation is 1. The first-order chi connectivity index (χ1) is 6.59. The number of carbonyl (C=O) groups excluding carboxylic acids is 1. The standard InChI is InChI=1S/C11H10BrNO/c1-7-6-13(8(2)14)11-4-3-9(12)5-10(7)11/h3-6H,1-2H3. The van der Waals surface area contributed by atoms with Gasteiger partial charge in [-0.2, -0.15) is 0 Å². The molecule has 2 nitrogen and oxygen atoms in total. The Bertz CT molecular complexity index is 513. The summed E-state index contributed by atoms with van der Waals surface area (Å²) in [5, 5.41) is 1.12. The Balaban J connectivity index is 2.84. The number of rotatable bonds is 0. The van der Waals surface area contributed by atoms with Crippen LogP contribution in [0.4, 0.5) is 0 Å². The zero-order valence-electron chi connectivity index (χ0n) is 8.04. The summed E-state index contributed by atoms with van der Waals surface area (Å²) in [6.45, 7) is 3.58. The van der Waals surface area contributed by atoms with E-state index in [0.29, 0.717) is 0 Å². The van der Waals surface area contributed by atoms with E-state index in [1.54, 1.807) is 11.5 Å². The molecule has 0 aliphatic carbocycles. The second-order valence-electron chi connectivity index (χ2n) is 3.36. The highest BCUT2D eigenvalue weighted by molar-refractivity contribution is 9.10. The molecule has 1 aromatic carbocycles. The molecule has 1 aromatic heterocycles. The predicted octanol–water partition coefficient (Wildman–Crippen LogP) is 3.37. The van der Waals surface area contributed by atoms with Crippen molar-refractivity contribution >= 4 is 32.7 Å². The fourth-order valence-electron chi connectivity index (χ4n) is 1.63. The van der Waals surface area contributed by atoms with Crippen LogP contribution in [0.1, 0.15) is 17.3 Å². The molecule has 2 rings (SSSR count). The second kappa shape index (κ2) is 3.24. The largest absolute Gasteiger partial charge is 0.287 e. The van der Waals surface area contributed by atoms with Crippen molar-refractivity contribution in [3.63, 3.8) is 0 Å². The van der Waals surface area contributed by atoms with Gasteiger partial charge in [-0.3, -0.25) is 9.36 Å². The number of hydrogen-bond donors (Lipinski definition) is 0. The molecule has 0 aliphatic rings. The SMILES string of the molecule is CC(=O)n1cc(C)c2cc(Br)ccc21. The fourth-order valence-corrected chi connectivity index (χ4v) is 1.99. The van der Waals surface area contributed by atoms with Crippen LogP contribution in [0.3, 0.4) is 0 Å². The molecule has 72 valence electrons. The van der Waals surface area contributed by atoms with Gasteiger partial charge in [0, 0.05) is 23.0 Å². The average molecular weight is 252 g/mol. The normalized spacial score (nSPS) is 10.8. The Hall–Kier alpha value is -1.09. The molecule has 0 amide bonds. The van der Waals surface area contributed by atoms with Gasteiger partial charge in [-0.25, -0.2) is 0 Å². The molecule has 0 aliphatic heterocycles. The number of nitrogens with zero attached hydrogens (tertiary/aromatic N) is 1. The predicted molar refractivity (Wildman–Crippen MR) is 60.7 cm³/mol. The summed E-state index contributed by atoms with van der Waals surface area (Å²) >= 11 is 3.42. The number of benzene rings is 1. The van der Waals surface area contributed by atoms with Crippen LogP contribution in [0.25, 0.3) is 10.9 Å². The Morgan fingerprint density at radius 3 is 2.79 bits per heavy atom. The molecule has 0 atom stereocenters. The zero-order chi connectivity index (χ0) is 10.3. The summed E-state index contributed by atoms with van der Waals surface area (Å²) in [6, 6.07) is 5.93. The monoisotopic (exact) mass is 251 g/mol. The third-order valence-electron chi connectivity index (χ3n) is 2.30. The van der Waals surface area contributed by atoms with Crippen molar-refractivity contribution in [2.45, 2.75) is 13.8 Å². The maximum absolute atomic E-state index is 11.3. The van der Waals surface area contributed by atoms with E-state index in [9.17, 15) is 4.79 Å². The number of halogens is 1. The van der Waals surface area contributed by atoms with E-state index >= 15 is 0 Å². The van der Waals surface area contributed by atoms with Crippen LogP contribution in [-0.4, -0.2) is 10.5 Å². The smallest absolute Gasteiger partial charge is 0.227 e. The molecule has 3 heteroatoms. The highest BCUT2D eigenvalue weighted by atomic mass is 79.9. The van der Waals surface area contributed by atoms with Crippen molar-refractivity contribution in [2.75, 3.05) is 0 Å². The van der Waals surface area contributed by atoms with Crippen molar-refractivity contribution in [3.8, 4) is 0 Å². The van der Waals surface area contributed by atoms with Gasteiger partial charge in [0.05, 0.1) is 5.52 Å². The molecule has 0 saturated carbocycles. The highest BCUT2D eigenvalue weighted by Crippen LogP contribution is 2.24. The van der Waals surface area contributed by atoms with Crippen LogP contribution >= 0.6 is 15.9 Å². The van der Waals surface area contributed by atoms with Crippen LogP contribution in [0, 0.1) is 6.92 Å². The second-order valence-corrected chi connectivity index (χ2v) is 4.28. The van der Waals surface area contributed by atoms with Gasteiger partial charge < -0.3 is 0 Å². The number of carbonyl (C=O) groups is 1. The molecule has 0 fully saturated rings. The summed E-state index contributed by atoms with van der Waals surface area (Å²) in [7, 11) is 0. The molecule has 2 aromatic rings. The van der Waals surface area contributed by atoms with Gasteiger partial charge in [0.1, 0.15) is 0 Å². The molecule has 0 spiro atoms. The molecule has 0 bridgehead atoms. The van der Waals surface area contributed by atoms with Crippen LogP contribution < -0.4 is 0 Å². The Kier molecular flexibility index (Phi) is 2.19. The van der Waals surface area contributed by atoms with Crippen molar-refractivity contribution in [3.05, 3.63) is 34.4 Å². The van der Waals surface area contributed by atoms with Crippen molar-refractivity contribution in [1.29, 1.82) is 0 Å². The first kappa shape index (κ1) is 9.46. The summed E-state index contributed by atoms with van der Waals surface area (Å²) in [5.41, 5.74) is 2.09. The summed E-state index contributed by atoms with van der Waals surface area (Å²) < 4.78 is 2.71. The molecular weight excluding hydrogens is 242 g/mol. The van der Waals surface area contributed by atoms with Gasteiger partial charge in [-0.05, 0) is 30.7 Å². The average Bonchev–Trinajstić information content (AvgIpc) is 2.44. The quantitative estimate of drug-likeness (QED) is 0.704. The topological polar surface area (TPSA) is 22.0 Å². The van der Waals surface area contributed by atoms with E-state index in [-0.39, 0.29) is 5.91 Å². The summed E-state index contributed by atoms with van der Waals surface area (Å²) in [5.74, 6) is 0.0467. The third-order valence-corrected chi connectivity index (χ3v) is 2.80. The lowest BCUT2D eigenvalue weighted by Crippen LogP contribution is -2.02. The summed E-state index contributed by atoms with van der Waals surface area (Å²) in [4.78, 5) is 11.3. The lowest BCUT2D eigenvalue weighted by molar-refractivity contribution is 0.0941. The van der Waals surface area contributed by atoms with E-state index in [2.05, 4.69) is 15.9 Å². The zero-order valence-corrected chi connectivity index (χ0v) is 9.63. The lowest BCUT2D eigenvalue weighted by atomic mass is 10.2. The van der Waals surface area contributed by atoms with E-state index in [4.69, 9.17) is 0 Å². The molecule has 0 radical (unpaired) electrons. The molecular formula is C11H10BrNO. The van der Waals surface area contributed by atoms with Gasteiger partial charge in [-0.1, -0.05) is 15.9 Å². The first-order valence-corrected chi connectivity index (χ1v) is 5.17. The number of aromatic nitrogens is 1. The number of fused-ring (bicyclic) bond motifs is 1. The molecule has 0 saturated heterocycles. The van der Waals surface area contributed by atoms with Gasteiger partial charge in [0.2, 0.25) is 5.91 Å².